The van der Waals surface area contributed by atoms with E-state index in [0.717, 1.165) is 24.9 Å². The van der Waals surface area contributed by atoms with Gasteiger partial charge in [0.15, 0.2) is 0 Å². The zero-order valence-electron chi connectivity index (χ0n) is 32.6. The lowest BCUT2D eigenvalue weighted by Gasteiger charge is -2.17. The SMILES string of the molecule is CCCCCCCCc1c(CC)cc(N=C(C)C(=Cc2cc(CCCC)c(CC)c(CCCCCC)c2)CC)cc1CCCCCC. The van der Waals surface area contributed by atoms with E-state index in [-0.39, 0.29) is 0 Å². The molecule has 0 fully saturated rings. The van der Waals surface area contributed by atoms with Crippen molar-refractivity contribution in [1.82, 2.24) is 0 Å². The molecule has 2 aromatic carbocycles. The number of hydrogen-bond donors (Lipinski definition) is 0. The average Bonchev–Trinajstić information content (AvgIpc) is 3.08. The van der Waals surface area contributed by atoms with Crippen molar-refractivity contribution in [2.75, 3.05) is 0 Å². The van der Waals surface area contributed by atoms with E-state index in [1.54, 1.807) is 27.8 Å². The summed E-state index contributed by atoms with van der Waals surface area (Å²) in [6.07, 6.45) is 31.8. The van der Waals surface area contributed by atoms with E-state index in [1.807, 2.05) is 0 Å². The Labute approximate surface area is 293 Å². The van der Waals surface area contributed by atoms with E-state index in [9.17, 15) is 0 Å². The Morgan fingerprint density at radius 1 is 0.489 bits per heavy atom. The molecule has 2 rings (SSSR count). The first-order valence-corrected chi connectivity index (χ1v) is 20.5. The number of nitrogens with zero attached hydrogens (tertiary/aromatic N) is 1. The maximum Gasteiger partial charge on any atom is 0.0638 e. The van der Waals surface area contributed by atoms with Crippen LogP contribution < -0.4 is 0 Å². The molecule has 0 bridgehead atoms. The van der Waals surface area contributed by atoms with Crippen LogP contribution in [0.25, 0.3) is 6.08 Å². The largest absolute Gasteiger partial charge is 0.253 e. The Morgan fingerprint density at radius 3 is 1.49 bits per heavy atom. The van der Waals surface area contributed by atoms with Crippen molar-refractivity contribution in [3.8, 4) is 0 Å². The Balaban J connectivity index is 2.45. The van der Waals surface area contributed by atoms with Gasteiger partial charge in [0.1, 0.15) is 0 Å². The smallest absolute Gasteiger partial charge is 0.0638 e. The molecule has 47 heavy (non-hydrogen) atoms. The highest BCUT2D eigenvalue weighted by molar-refractivity contribution is 6.03. The van der Waals surface area contributed by atoms with Crippen molar-refractivity contribution >= 4 is 17.5 Å². The molecule has 0 aliphatic rings. The average molecular weight is 642 g/mol. The Morgan fingerprint density at radius 2 is 0.957 bits per heavy atom. The van der Waals surface area contributed by atoms with Gasteiger partial charge in [0.2, 0.25) is 0 Å². The van der Waals surface area contributed by atoms with Crippen molar-refractivity contribution in [3.05, 3.63) is 68.8 Å². The summed E-state index contributed by atoms with van der Waals surface area (Å²) < 4.78 is 0. The van der Waals surface area contributed by atoms with Gasteiger partial charge in [-0.05, 0) is 140 Å². The standard InChI is InChI=1S/C46H75N/c1-9-16-20-23-24-27-31-46-40(14-6)35-44(36-43(46)30-26-22-18-11-3)47-37(8)39(13-5)32-38-33-41(28-19-12-4)45(15-7)42(34-38)29-25-21-17-10-2/h32-36H,9-31H2,1-8H3. The predicted octanol–water partition coefficient (Wildman–Crippen LogP) is 14.9. The van der Waals surface area contributed by atoms with E-state index >= 15 is 0 Å². The van der Waals surface area contributed by atoms with Gasteiger partial charge in [-0.25, -0.2) is 0 Å². The first-order chi connectivity index (χ1) is 23.0. The van der Waals surface area contributed by atoms with Crippen LogP contribution in [0.2, 0.25) is 0 Å². The van der Waals surface area contributed by atoms with Gasteiger partial charge in [-0.2, -0.15) is 0 Å². The van der Waals surface area contributed by atoms with Crippen LogP contribution in [0.15, 0.2) is 34.8 Å². The number of aliphatic imine (C=N–C) groups is 1. The Kier molecular flexibility index (Phi) is 21.7. The third-order valence-electron chi connectivity index (χ3n) is 10.3. The molecule has 0 aliphatic heterocycles. The second-order valence-corrected chi connectivity index (χ2v) is 14.2. The molecule has 0 spiro atoms. The summed E-state index contributed by atoms with van der Waals surface area (Å²) in [5, 5.41) is 0. The zero-order valence-corrected chi connectivity index (χ0v) is 32.6. The topological polar surface area (TPSA) is 12.4 Å². The summed E-state index contributed by atoms with van der Waals surface area (Å²) >= 11 is 0. The van der Waals surface area contributed by atoms with Crippen molar-refractivity contribution in [3.63, 3.8) is 0 Å². The molecule has 0 atom stereocenters. The van der Waals surface area contributed by atoms with Gasteiger partial charge in [-0.1, -0.05) is 138 Å². The Bertz CT molecular complexity index is 1200. The van der Waals surface area contributed by atoms with E-state index in [2.05, 4.69) is 85.7 Å². The first kappa shape index (κ1) is 41.0. The van der Waals surface area contributed by atoms with Gasteiger partial charge in [-0.15, -0.1) is 0 Å². The van der Waals surface area contributed by atoms with Crippen LogP contribution in [0, 0.1) is 0 Å². The molecule has 0 saturated heterocycles. The Hall–Kier alpha value is -2.15. The van der Waals surface area contributed by atoms with E-state index in [0.29, 0.717) is 0 Å². The van der Waals surface area contributed by atoms with Gasteiger partial charge in [0.25, 0.3) is 0 Å². The molecule has 0 aliphatic carbocycles. The highest BCUT2D eigenvalue weighted by Crippen LogP contribution is 2.30. The third kappa shape index (κ3) is 14.9. The summed E-state index contributed by atoms with van der Waals surface area (Å²) in [6.45, 7) is 18.5. The third-order valence-corrected chi connectivity index (χ3v) is 10.3. The number of rotatable bonds is 26. The quantitative estimate of drug-likeness (QED) is 0.0716. The van der Waals surface area contributed by atoms with Crippen LogP contribution in [-0.2, 0) is 38.5 Å². The van der Waals surface area contributed by atoms with Crippen LogP contribution in [0.1, 0.15) is 203 Å². The van der Waals surface area contributed by atoms with Gasteiger partial charge in [0.05, 0.1) is 5.69 Å². The van der Waals surface area contributed by atoms with Crippen LogP contribution >= 0.6 is 0 Å². The lowest BCUT2D eigenvalue weighted by molar-refractivity contribution is 0.604. The highest BCUT2D eigenvalue weighted by Gasteiger charge is 2.13. The van der Waals surface area contributed by atoms with Crippen molar-refractivity contribution in [2.24, 2.45) is 4.99 Å². The number of aryl methyl sites for hydroxylation is 4. The minimum absolute atomic E-state index is 1.00. The lowest BCUT2D eigenvalue weighted by atomic mass is 9.89. The van der Waals surface area contributed by atoms with Crippen LogP contribution in [0.4, 0.5) is 5.69 Å². The normalized spacial score (nSPS) is 12.3. The molecule has 0 heterocycles. The number of hydrogen-bond acceptors (Lipinski definition) is 1. The van der Waals surface area contributed by atoms with E-state index in [4.69, 9.17) is 4.99 Å². The van der Waals surface area contributed by atoms with Crippen LogP contribution in [-0.4, -0.2) is 5.71 Å². The van der Waals surface area contributed by atoms with Gasteiger partial charge >= 0.3 is 0 Å². The van der Waals surface area contributed by atoms with Crippen molar-refractivity contribution in [1.29, 1.82) is 0 Å². The van der Waals surface area contributed by atoms with Crippen molar-refractivity contribution < 1.29 is 0 Å². The van der Waals surface area contributed by atoms with Gasteiger partial charge in [-0.3, -0.25) is 4.99 Å². The molecule has 0 N–H and O–H groups in total. The minimum Gasteiger partial charge on any atom is -0.253 e. The summed E-state index contributed by atoms with van der Waals surface area (Å²) in [6, 6.07) is 9.91. The molecule has 0 aromatic heterocycles. The summed E-state index contributed by atoms with van der Waals surface area (Å²) in [5.41, 5.74) is 14.6. The molecule has 1 heteroatoms. The molecule has 1 nitrogen and oxygen atoms in total. The van der Waals surface area contributed by atoms with E-state index < -0.39 is 0 Å². The zero-order chi connectivity index (χ0) is 34.3. The van der Waals surface area contributed by atoms with Gasteiger partial charge in [0, 0.05) is 5.71 Å². The fourth-order valence-electron chi connectivity index (χ4n) is 7.37. The molecule has 2 aromatic rings. The first-order valence-electron chi connectivity index (χ1n) is 20.5. The second kappa shape index (κ2) is 24.9. The molecule has 0 unspecified atom stereocenters. The molecule has 0 amide bonds. The second-order valence-electron chi connectivity index (χ2n) is 14.2. The van der Waals surface area contributed by atoms with Crippen molar-refractivity contribution in [2.45, 2.75) is 203 Å². The summed E-state index contributed by atoms with van der Waals surface area (Å²) in [5.74, 6) is 0. The monoisotopic (exact) mass is 642 g/mol. The van der Waals surface area contributed by atoms with Crippen LogP contribution in [0.5, 0.6) is 0 Å². The predicted molar refractivity (Wildman–Crippen MR) is 214 cm³/mol. The number of allylic oxidation sites excluding steroid dienone is 1. The maximum absolute atomic E-state index is 5.36. The summed E-state index contributed by atoms with van der Waals surface area (Å²) in [4.78, 5) is 5.36. The molecular formula is C46H75N. The molecule has 264 valence electrons. The maximum atomic E-state index is 5.36. The van der Waals surface area contributed by atoms with Crippen LogP contribution in [0.3, 0.4) is 0 Å². The number of unbranched alkanes of at least 4 members (excludes halogenated alkanes) is 12. The molecular weight excluding hydrogens is 567 g/mol. The fourth-order valence-corrected chi connectivity index (χ4v) is 7.37. The molecule has 0 radical (unpaired) electrons. The minimum atomic E-state index is 1.00. The fraction of sp³-hybridized carbons (Fsp3) is 0.674. The summed E-state index contributed by atoms with van der Waals surface area (Å²) in [7, 11) is 0. The lowest BCUT2D eigenvalue weighted by Crippen LogP contribution is -2.03. The highest BCUT2D eigenvalue weighted by atomic mass is 14.7. The van der Waals surface area contributed by atoms with E-state index in [1.165, 1.54) is 151 Å². The molecule has 0 saturated carbocycles. The number of benzene rings is 2. The van der Waals surface area contributed by atoms with Gasteiger partial charge < -0.3 is 0 Å².